The van der Waals surface area contributed by atoms with Gasteiger partial charge in [0, 0.05) is 3.57 Å². The molecule has 2 rings (SSSR count). The maximum Gasteiger partial charge on any atom is 0.266 e. The normalized spacial score (nSPS) is 10.8. The van der Waals surface area contributed by atoms with Crippen molar-refractivity contribution in [2.75, 3.05) is 11.9 Å². The molecule has 4 nitrogen and oxygen atoms in total. The first-order valence-electron chi connectivity index (χ1n) is 7.15. The molecule has 24 heavy (non-hydrogen) atoms. The van der Waals surface area contributed by atoms with E-state index in [1.54, 1.807) is 24.3 Å². The fourth-order valence-electron chi connectivity index (χ4n) is 1.95. The number of halogens is 2. The van der Waals surface area contributed by atoms with Gasteiger partial charge in [0.15, 0.2) is 0 Å². The molecule has 2 aromatic rings. The van der Waals surface area contributed by atoms with Crippen LogP contribution in [0.15, 0.2) is 52.5 Å². The van der Waals surface area contributed by atoms with Gasteiger partial charge >= 0.3 is 0 Å². The van der Waals surface area contributed by atoms with Crippen molar-refractivity contribution in [2.24, 2.45) is 0 Å². The highest BCUT2D eigenvalue weighted by Gasteiger charge is 2.11. The average Bonchev–Trinajstić information content (AvgIpc) is 2.57. The van der Waals surface area contributed by atoms with Gasteiger partial charge in [0.2, 0.25) is 0 Å². The van der Waals surface area contributed by atoms with Crippen molar-refractivity contribution >= 4 is 56.2 Å². The summed E-state index contributed by atoms with van der Waals surface area (Å²) >= 11 is 5.55. The van der Waals surface area contributed by atoms with Gasteiger partial charge in [0.25, 0.3) is 5.91 Å². The Balaban J connectivity index is 2.23. The van der Waals surface area contributed by atoms with E-state index in [1.165, 1.54) is 0 Å². The molecule has 0 bridgehead atoms. The molecule has 2 aromatic carbocycles. The average molecular weight is 497 g/mol. The highest BCUT2D eigenvalue weighted by molar-refractivity contribution is 14.1. The molecule has 6 heteroatoms. The molecule has 0 heterocycles. The molecule has 0 aliphatic rings. The number of rotatable bonds is 5. The van der Waals surface area contributed by atoms with E-state index in [-0.39, 0.29) is 5.57 Å². The number of amides is 1. The smallest absolute Gasteiger partial charge is 0.266 e. The van der Waals surface area contributed by atoms with Crippen LogP contribution in [0.2, 0.25) is 0 Å². The fourth-order valence-corrected chi connectivity index (χ4v) is 2.98. The second-order valence-electron chi connectivity index (χ2n) is 4.73. The van der Waals surface area contributed by atoms with Gasteiger partial charge in [-0.15, -0.1) is 0 Å². The van der Waals surface area contributed by atoms with Crippen LogP contribution in [-0.2, 0) is 4.79 Å². The van der Waals surface area contributed by atoms with Crippen molar-refractivity contribution in [3.05, 3.63) is 61.6 Å². The fraction of sp³-hybridized carbons (Fsp3) is 0.111. The number of carbonyl (C=O) groups is 1. The third-order valence-corrected chi connectivity index (χ3v) is 4.61. The molecule has 0 aromatic heterocycles. The van der Waals surface area contributed by atoms with Crippen LogP contribution in [0.5, 0.6) is 5.75 Å². The number of nitriles is 1. The molecule has 1 N–H and O–H groups in total. The Morgan fingerprint density at radius 2 is 2.12 bits per heavy atom. The summed E-state index contributed by atoms with van der Waals surface area (Å²) in [4.78, 5) is 12.3. The van der Waals surface area contributed by atoms with Crippen molar-refractivity contribution < 1.29 is 9.53 Å². The third kappa shape index (κ3) is 4.82. The van der Waals surface area contributed by atoms with Crippen LogP contribution >= 0.6 is 38.5 Å². The molecule has 0 atom stereocenters. The molecule has 0 saturated heterocycles. The van der Waals surface area contributed by atoms with Gasteiger partial charge in [-0.05, 0) is 81.3 Å². The van der Waals surface area contributed by atoms with Gasteiger partial charge in [0.1, 0.15) is 17.4 Å². The lowest BCUT2D eigenvalue weighted by Crippen LogP contribution is -2.14. The van der Waals surface area contributed by atoms with Gasteiger partial charge < -0.3 is 10.1 Å². The van der Waals surface area contributed by atoms with Crippen molar-refractivity contribution in [1.29, 1.82) is 5.26 Å². The first-order chi connectivity index (χ1) is 11.5. The van der Waals surface area contributed by atoms with E-state index in [0.29, 0.717) is 12.3 Å². The summed E-state index contributed by atoms with van der Waals surface area (Å²) in [6, 6.07) is 14.7. The van der Waals surface area contributed by atoms with Crippen molar-refractivity contribution in [3.8, 4) is 11.8 Å². The van der Waals surface area contributed by atoms with Crippen LogP contribution in [0.3, 0.4) is 0 Å². The second-order valence-corrected chi connectivity index (χ2v) is 6.74. The lowest BCUT2D eigenvalue weighted by Gasteiger charge is -2.08. The van der Waals surface area contributed by atoms with Crippen LogP contribution in [0.1, 0.15) is 12.5 Å². The quantitative estimate of drug-likeness (QED) is 0.360. The highest BCUT2D eigenvalue weighted by atomic mass is 127. The molecule has 122 valence electrons. The Bertz CT molecular complexity index is 828. The minimum Gasteiger partial charge on any atom is -0.493 e. The van der Waals surface area contributed by atoms with E-state index in [0.717, 1.165) is 19.4 Å². The number of carbonyl (C=O) groups excluding carboxylic acids is 1. The largest absolute Gasteiger partial charge is 0.493 e. The summed E-state index contributed by atoms with van der Waals surface area (Å²) in [6.45, 7) is 2.47. The standard InChI is InChI=1S/C18H14BrIN2O2/c1-2-24-17-8-7-12(10-14(17)19)9-13(11-21)18(23)22-16-6-4-3-5-15(16)20/h3-10H,2H2,1H3,(H,22,23). The second kappa shape index (κ2) is 8.85. The zero-order chi connectivity index (χ0) is 17.5. The molecule has 0 fully saturated rings. The number of ether oxygens (including phenoxy) is 1. The number of nitrogens with zero attached hydrogens (tertiary/aromatic N) is 1. The first kappa shape index (κ1) is 18.5. The minimum absolute atomic E-state index is 0.0331. The monoisotopic (exact) mass is 496 g/mol. The van der Waals surface area contributed by atoms with E-state index >= 15 is 0 Å². The third-order valence-electron chi connectivity index (χ3n) is 3.05. The minimum atomic E-state index is -0.438. The molecular weight excluding hydrogens is 483 g/mol. The van der Waals surface area contributed by atoms with Crippen LogP contribution in [0.25, 0.3) is 6.08 Å². The molecule has 0 unspecified atom stereocenters. The lowest BCUT2D eigenvalue weighted by atomic mass is 10.1. The van der Waals surface area contributed by atoms with Crippen molar-refractivity contribution in [3.63, 3.8) is 0 Å². The Hall–Kier alpha value is -1.85. The number of nitrogens with one attached hydrogen (secondary N) is 1. The van der Waals surface area contributed by atoms with Gasteiger partial charge in [-0.3, -0.25) is 4.79 Å². The van der Waals surface area contributed by atoms with Gasteiger partial charge in [-0.1, -0.05) is 18.2 Å². The predicted octanol–water partition coefficient (Wildman–Crippen LogP) is 5.00. The number of benzene rings is 2. The maximum absolute atomic E-state index is 12.3. The lowest BCUT2D eigenvalue weighted by molar-refractivity contribution is -0.112. The van der Waals surface area contributed by atoms with Crippen LogP contribution in [-0.4, -0.2) is 12.5 Å². The summed E-state index contributed by atoms with van der Waals surface area (Å²) in [6.07, 6.45) is 1.55. The maximum atomic E-state index is 12.3. The predicted molar refractivity (Wildman–Crippen MR) is 107 cm³/mol. The van der Waals surface area contributed by atoms with Crippen LogP contribution in [0, 0.1) is 14.9 Å². The molecule has 0 aliphatic carbocycles. The Kier molecular flexibility index (Phi) is 6.82. The van der Waals surface area contributed by atoms with Crippen LogP contribution < -0.4 is 10.1 Å². The molecular formula is C18H14BrIN2O2. The van der Waals surface area contributed by atoms with Gasteiger partial charge in [-0.2, -0.15) is 5.26 Å². The number of hydrogen-bond donors (Lipinski definition) is 1. The van der Waals surface area contributed by atoms with Crippen LogP contribution in [0.4, 0.5) is 5.69 Å². The number of para-hydroxylation sites is 1. The SMILES string of the molecule is CCOc1ccc(C=C(C#N)C(=O)Nc2ccccc2I)cc1Br. The number of anilines is 1. The molecule has 0 radical (unpaired) electrons. The summed E-state index contributed by atoms with van der Waals surface area (Å²) in [5.41, 5.74) is 1.45. The Morgan fingerprint density at radius 3 is 2.75 bits per heavy atom. The molecule has 1 amide bonds. The topological polar surface area (TPSA) is 62.1 Å². The van der Waals surface area contributed by atoms with Gasteiger partial charge in [0.05, 0.1) is 16.8 Å². The van der Waals surface area contributed by atoms with E-state index in [2.05, 4.69) is 43.8 Å². The molecule has 0 saturated carbocycles. The summed E-state index contributed by atoms with van der Waals surface area (Å²) in [7, 11) is 0. The van der Waals surface area contributed by atoms with Crippen molar-refractivity contribution in [1.82, 2.24) is 0 Å². The molecule has 0 spiro atoms. The van der Waals surface area contributed by atoms with E-state index < -0.39 is 5.91 Å². The Morgan fingerprint density at radius 1 is 1.38 bits per heavy atom. The van der Waals surface area contributed by atoms with E-state index in [1.807, 2.05) is 37.3 Å². The van der Waals surface area contributed by atoms with E-state index in [9.17, 15) is 10.1 Å². The zero-order valence-electron chi connectivity index (χ0n) is 12.8. The zero-order valence-corrected chi connectivity index (χ0v) is 16.6. The van der Waals surface area contributed by atoms with Crippen molar-refractivity contribution in [2.45, 2.75) is 6.92 Å². The highest BCUT2D eigenvalue weighted by Crippen LogP contribution is 2.27. The van der Waals surface area contributed by atoms with E-state index in [4.69, 9.17) is 4.74 Å². The summed E-state index contributed by atoms with van der Waals surface area (Å²) in [5, 5.41) is 12.0. The molecule has 0 aliphatic heterocycles. The number of hydrogen-bond acceptors (Lipinski definition) is 3. The first-order valence-corrected chi connectivity index (χ1v) is 9.02. The summed E-state index contributed by atoms with van der Waals surface area (Å²) < 4.78 is 7.13. The van der Waals surface area contributed by atoms with Gasteiger partial charge in [-0.25, -0.2) is 0 Å². The Labute approximate surface area is 162 Å². The summed E-state index contributed by atoms with van der Waals surface area (Å²) in [5.74, 6) is 0.281.